The number of carboxylic acids is 1. The number of aromatic carboxylic acids is 1. The number of rotatable bonds is 7. The lowest BCUT2D eigenvalue weighted by Crippen LogP contribution is -2.16. The lowest BCUT2D eigenvalue weighted by molar-refractivity contribution is 0.0698. The van der Waals surface area contributed by atoms with Crippen LogP contribution < -0.4 is 14.8 Å². The molecule has 0 aliphatic heterocycles. The van der Waals surface area contributed by atoms with Crippen LogP contribution in [0.25, 0.3) is 11.0 Å². The van der Waals surface area contributed by atoms with Gasteiger partial charge in [-0.1, -0.05) is 12.1 Å². The Morgan fingerprint density at radius 1 is 1.09 bits per heavy atom. The summed E-state index contributed by atoms with van der Waals surface area (Å²) in [6.07, 6.45) is 2.70. The average molecular weight is 454 g/mol. The number of para-hydroxylation sites is 2. The molecule has 11 nitrogen and oxygen atoms in total. The summed E-state index contributed by atoms with van der Waals surface area (Å²) < 4.78 is 34.7. The first-order valence-electron chi connectivity index (χ1n) is 9.23. The number of hydrogen-bond donors (Lipinski definition) is 3. The van der Waals surface area contributed by atoms with Crippen LogP contribution in [0.3, 0.4) is 0 Å². The minimum Gasteiger partial charge on any atom is -0.497 e. The quantitative estimate of drug-likeness (QED) is 0.383. The molecule has 0 saturated carbocycles. The summed E-state index contributed by atoms with van der Waals surface area (Å²) in [4.78, 5) is 24.4. The van der Waals surface area contributed by atoms with Crippen LogP contribution in [-0.4, -0.2) is 46.1 Å². The summed E-state index contributed by atoms with van der Waals surface area (Å²) in [5, 5.41) is 12.2. The number of imidazole rings is 1. The highest BCUT2D eigenvalue weighted by molar-refractivity contribution is 7.92. The van der Waals surface area contributed by atoms with Crippen molar-refractivity contribution in [3.63, 3.8) is 0 Å². The summed E-state index contributed by atoms with van der Waals surface area (Å²) in [5.74, 6) is -0.881. The minimum atomic E-state index is -4.08. The molecule has 0 bridgehead atoms. The molecule has 2 heterocycles. The SMILES string of the molecule is COc1ccc(C(=O)O)c(Nc2nc3ccccc3nc2NS(=O)(=O)c2cn(C)cn2)c1. The Balaban J connectivity index is 1.83. The second-order valence-electron chi connectivity index (χ2n) is 6.73. The van der Waals surface area contributed by atoms with Gasteiger partial charge in [-0.3, -0.25) is 4.72 Å². The second kappa shape index (κ2) is 8.15. The van der Waals surface area contributed by atoms with E-state index in [0.29, 0.717) is 16.8 Å². The van der Waals surface area contributed by atoms with E-state index < -0.39 is 16.0 Å². The van der Waals surface area contributed by atoms with Gasteiger partial charge in [0.25, 0.3) is 10.0 Å². The van der Waals surface area contributed by atoms with E-state index in [9.17, 15) is 18.3 Å². The van der Waals surface area contributed by atoms with Crippen LogP contribution in [0.15, 0.2) is 60.0 Å². The molecule has 4 aromatic rings. The maximum absolute atomic E-state index is 12.8. The molecule has 0 spiro atoms. The number of ether oxygens (including phenoxy) is 1. The van der Waals surface area contributed by atoms with Gasteiger partial charge in [0.1, 0.15) is 5.75 Å². The molecular weight excluding hydrogens is 436 g/mol. The van der Waals surface area contributed by atoms with Gasteiger partial charge in [0.2, 0.25) is 0 Å². The van der Waals surface area contributed by atoms with Gasteiger partial charge in [-0.05, 0) is 24.3 Å². The molecule has 164 valence electrons. The number of hydrogen-bond acceptors (Lipinski definition) is 8. The average Bonchev–Trinajstić information content (AvgIpc) is 3.21. The molecule has 0 unspecified atom stereocenters. The Kier molecular flexibility index (Phi) is 5.36. The van der Waals surface area contributed by atoms with Crippen LogP contribution in [0, 0.1) is 0 Å². The largest absolute Gasteiger partial charge is 0.497 e. The summed E-state index contributed by atoms with van der Waals surface area (Å²) in [5.41, 5.74) is 1.02. The van der Waals surface area contributed by atoms with Crippen LogP contribution in [0.2, 0.25) is 0 Å². The zero-order valence-electron chi connectivity index (χ0n) is 17.0. The number of aromatic nitrogens is 4. The number of aryl methyl sites for hydroxylation is 1. The third-order valence-corrected chi connectivity index (χ3v) is 5.69. The number of carbonyl (C=O) groups is 1. The normalized spacial score (nSPS) is 11.3. The highest BCUT2D eigenvalue weighted by Gasteiger charge is 2.22. The zero-order chi connectivity index (χ0) is 22.9. The third-order valence-electron chi connectivity index (χ3n) is 4.47. The van der Waals surface area contributed by atoms with Crippen molar-refractivity contribution in [2.24, 2.45) is 7.05 Å². The van der Waals surface area contributed by atoms with E-state index in [4.69, 9.17) is 4.74 Å². The lowest BCUT2D eigenvalue weighted by Gasteiger charge is -2.15. The molecule has 0 aliphatic rings. The summed E-state index contributed by atoms with van der Waals surface area (Å²) >= 11 is 0. The molecule has 0 fully saturated rings. The van der Waals surface area contributed by atoms with E-state index >= 15 is 0 Å². The van der Waals surface area contributed by atoms with Crippen molar-refractivity contribution < 1.29 is 23.1 Å². The van der Waals surface area contributed by atoms with E-state index in [-0.39, 0.29) is 27.9 Å². The highest BCUT2D eigenvalue weighted by atomic mass is 32.2. The number of sulfonamides is 1. The van der Waals surface area contributed by atoms with Gasteiger partial charge < -0.3 is 19.7 Å². The lowest BCUT2D eigenvalue weighted by atomic mass is 10.1. The number of anilines is 3. The monoisotopic (exact) mass is 454 g/mol. The predicted octanol–water partition coefficient (Wildman–Crippen LogP) is 2.61. The van der Waals surface area contributed by atoms with Crippen molar-refractivity contribution in [3.8, 4) is 5.75 Å². The van der Waals surface area contributed by atoms with Crippen molar-refractivity contribution in [2.75, 3.05) is 17.1 Å². The molecule has 0 amide bonds. The Morgan fingerprint density at radius 2 is 1.78 bits per heavy atom. The van der Waals surface area contributed by atoms with Gasteiger partial charge in [-0.15, -0.1) is 0 Å². The van der Waals surface area contributed by atoms with Crippen LogP contribution in [-0.2, 0) is 17.1 Å². The third kappa shape index (κ3) is 4.16. The standard InChI is InChI=1S/C20H18N6O5S/c1-26-10-17(21-11-26)32(29,30)25-19-18(22-14-5-3-4-6-15(14)23-19)24-16-9-12(31-2)7-8-13(16)20(27)28/h3-11H,1-2H3,(H,22,24)(H,23,25)(H,27,28). The van der Waals surface area contributed by atoms with Gasteiger partial charge in [0.05, 0.1) is 35.7 Å². The van der Waals surface area contributed by atoms with Crippen molar-refractivity contribution in [1.82, 2.24) is 19.5 Å². The van der Waals surface area contributed by atoms with Crippen molar-refractivity contribution in [3.05, 3.63) is 60.6 Å². The Morgan fingerprint density at radius 3 is 2.38 bits per heavy atom. The topological polar surface area (TPSA) is 148 Å². The second-order valence-corrected chi connectivity index (χ2v) is 8.36. The number of methoxy groups -OCH3 is 1. The maximum atomic E-state index is 12.8. The number of carboxylic acid groups (broad SMARTS) is 1. The number of fused-ring (bicyclic) bond motifs is 1. The number of benzene rings is 2. The van der Waals surface area contributed by atoms with E-state index in [1.165, 1.54) is 42.4 Å². The summed E-state index contributed by atoms with van der Waals surface area (Å²) in [6, 6.07) is 11.2. The smallest absolute Gasteiger partial charge is 0.337 e. The molecule has 0 atom stereocenters. The molecule has 12 heteroatoms. The van der Waals surface area contributed by atoms with Gasteiger partial charge in [0.15, 0.2) is 16.7 Å². The molecule has 32 heavy (non-hydrogen) atoms. The maximum Gasteiger partial charge on any atom is 0.337 e. The van der Waals surface area contributed by atoms with Gasteiger partial charge in [-0.25, -0.2) is 19.7 Å². The molecule has 0 aliphatic carbocycles. The van der Waals surface area contributed by atoms with Crippen molar-refractivity contribution in [2.45, 2.75) is 5.03 Å². The number of nitrogens with one attached hydrogen (secondary N) is 2. The first kappa shape index (κ1) is 21.1. The van der Waals surface area contributed by atoms with Crippen molar-refractivity contribution >= 4 is 44.3 Å². The Hall–Kier alpha value is -4.19. The molecule has 2 aromatic carbocycles. The van der Waals surface area contributed by atoms with E-state index in [2.05, 4.69) is 25.0 Å². The fourth-order valence-corrected chi connectivity index (χ4v) is 3.93. The van der Waals surface area contributed by atoms with E-state index in [0.717, 1.165) is 0 Å². The molecule has 2 aromatic heterocycles. The molecule has 4 rings (SSSR count). The fourth-order valence-electron chi connectivity index (χ4n) is 2.93. The van der Waals surface area contributed by atoms with E-state index in [1.54, 1.807) is 31.3 Å². The first-order chi connectivity index (χ1) is 15.3. The Bertz CT molecular complexity index is 1430. The fraction of sp³-hybridized carbons (Fsp3) is 0.100. The van der Waals surface area contributed by atoms with Gasteiger partial charge in [0, 0.05) is 19.3 Å². The van der Waals surface area contributed by atoms with E-state index in [1.807, 2.05) is 0 Å². The van der Waals surface area contributed by atoms with Crippen molar-refractivity contribution in [1.29, 1.82) is 0 Å². The zero-order valence-corrected chi connectivity index (χ0v) is 17.8. The van der Waals surface area contributed by atoms with Crippen LogP contribution >= 0.6 is 0 Å². The van der Waals surface area contributed by atoms with Crippen LogP contribution in [0.1, 0.15) is 10.4 Å². The van der Waals surface area contributed by atoms with Gasteiger partial charge in [-0.2, -0.15) is 8.42 Å². The molecule has 0 radical (unpaired) electrons. The minimum absolute atomic E-state index is 0.0129. The van der Waals surface area contributed by atoms with Crippen LogP contribution in [0.5, 0.6) is 5.75 Å². The summed E-state index contributed by atoms with van der Waals surface area (Å²) in [6.45, 7) is 0. The van der Waals surface area contributed by atoms with Crippen LogP contribution in [0.4, 0.5) is 17.3 Å². The molecule has 0 saturated heterocycles. The van der Waals surface area contributed by atoms with Gasteiger partial charge >= 0.3 is 5.97 Å². The highest BCUT2D eigenvalue weighted by Crippen LogP contribution is 2.30. The Labute approximate surface area is 182 Å². The predicted molar refractivity (Wildman–Crippen MR) is 117 cm³/mol. The first-order valence-corrected chi connectivity index (χ1v) is 10.7. The number of nitrogens with zero attached hydrogens (tertiary/aromatic N) is 4. The summed E-state index contributed by atoms with van der Waals surface area (Å²) in [7, 11) is -0.991. The molecular formula is C20H18N6O5S. The molecule has 3 N–H and O–H groups in total.